The minimum Gasteiger partial charge on any atom is -0.506 e. The van der Waals surface area contributed by atoms with Crippen LogP contribution in [0.3, 0.4) is 0 Å². The fourth-order valence-corrected chi connectivity index (χ4v) is 4.34. The fraction of sp³-hybridized carbons (Fsp3) is 0. The summed E-state index contributed by atoms with van der Waals surface area (Å²) in [7, 11) is 0. The van der Waals surface area contributed by atoms with Gasteiger partial charge in [0.25, 0.3) is 5.91 Å². The quantitative estimate of drug-likeness (QED) is 0.264. The van der Waals surface area contributed by atoms with E-state index in [1.807, 2.05) is 22.6 Å². The van der Waals surface area contributed by atoms with Crippen LogP contribution in [0.2, 0.25) is 0 Å². The zero-order valence-electron chi connectivity index (χ0n) is 11.1. The molecule has 2 rings (SSSR count). The summed E-state index contributed by atoms with van der Waals surface area (Å²) in [5, 5.41) is 23.4. The van der Waals surface area contributed by atoms with Gasteiger partial charge in [0.1, 0.15) is 11.5 Å². The Bertz CT molecular complexity index is 789. The molecule has 0 saturated carbocycles. The number of aromatic hydroxyl groups is 2. The summed E-state index contributed by atoms with van der Waals surface area (Å²) in [5.41, 5.74) is 3.15. The molecule has 0 heterocycles. The first-order valence-electron chi connectivity index (χ1n) is 5.99. The van der Waals surface area contributed by atoms with Gasteiger partial charge in [0.15, 0.2) is 0 Å². The molecule has 9 heteroatoms. The van der Waals surface area contributed by atoms with E-state index < -0.39 is 5.91 Å². The van der Waals surface area contributed by atoms with E-state index in [0.717, 1.165) is 4.47 Å². The molecule has 0 saturated heterocycles. The summed E-state index contributed by atoms with van der Waals surface area (Å²) in [6, 6.07) is 6.40. The van der Waals surface area contributed by atoms with Crippen LogP contribution in [0.15, 0.2) is 42.8 Å². The van der Waals surface area contributed by atoms with Crippen LogP contribution in [0.4, 0.5) is 0 Å². The zero-order valence-corrected chi connectivity index (χ0v) is 18.1. The summed E-state index contributed by atoms with van der Waals surface area (Å²) in [6.07, 6.45) is 1.35. The number of hydrogen-bond acceptors (Lipinski definition) is 4. The van der Waals surface area contributed by atoms with Gasteiger partial charge in [-0.15, -0.1) is 0 Å². The van der Waals surface area contributed by atoms with Gasteiger partial charge in [0.2, 0.25) is 0 Å². The first kappa shape index (κ1) is 18.7. The van der Waals surface area contributed by atoms with Crippen LogP contribution >= 0.6 is 70.4 Å². The number of amides is 1. The Hall–Kier alpha value is -0.650. The maximum Gasteiger partial charge on any atom is 0.271 e. The van der Waals surface area contributed by atoms with Crippen molar-refractivity contribution in [2.24, 2.45) is 5.10 Å². The van der Waals surface area contributed by atoms with E-state index in [1.54, 1.807) is 12.1 Å². The first-order chi connectivity index (χ1) is 10.8. The number of halogens is 4. The van der Waals surface area contributed by atoms with Crippen molar-refractivity contribution in [1.29, 1.82) is 0 Å². The second-order valence-electron chi connectivity index (χ2n) is 4.31. The molecule has 0 unspecified atom stereocenters. The molecule has 120 valence electrons. The minimum absolute atomic E-state index is 0.0127. The van der Waals surface area contributed by atoms with Gasteiger partial charge >= 0.3 is 0 Å². The van der Waals surface area contributed by atoms with Crippen LogP contribution in [-0.4, -0.2) is 22.3 Å². The summed E-state index contributed by atoms with van der Waals surface area (Å²) >= 11 is 11.6. The van der Waals surface area contributed by atoms with Crippen LogP contribution in [0.1, 0.15) is 15.9 Å². The van der Waals surface area contributed by atoms with Gasteiger partial charge in [-0.2, -0.15) is 5.10 Å². The molecule has 0 aliphatic carbocycles. The van der Waals surface area contributed by atoms with Crippen molar-refractivity contribution in [2.45, 2.75) is 0 Å². The maximum absolute atomic E-state index is 12.0. The highest BCUT2D eigenvalue weighted by Gasteiger charge is 2.11. The molecule has 0 aliphatic rings. The van der Waals surface area contributed by atoms with E-state index >= 15 is 0 Å². The van der Waals surface area contributed by atoms with Crippen LogP contribution < -0.4 is 5.43 Å². The Labute approximate surface area is 170 Å². The Balaban J connectivity index is 2.16. The molecule has 5 nitrogen and oxygen atoms in total. The molecule has 2 aromatic carbocycles. The van der Waals surface area contributed by atoms with Crippen molar-refractivity contribution in [2.75, 3.05) is 0 Å². The lowest BCUT2D eigenvalue weighted by Gasteiger charge is -2.05. The highest BCUT2D eigenvalue weighted by atomic mass is 127. The van der Waals surface area contributed by atoms with Crippen LogP contribution in [0.25, 0.3) is 0 Å². The Morgan fingerprint density at radius 3 is 2.30 bits per heavy atom. The number of hydrazone groups is 1. The number of phenols is 2. The van der Waals surface area contributed by atoms with Gasteiger partial charge in [-0.1, -0.05) is 15.9 Å². The lowest BCUT2D eigenvalue weighted by atomic mass is 10.2. The Morgan fingerprint density at radius 1 is 1.09 bits per heavy atom. The number of nitrogens with one attached hydrogen (secondary N) is 1. The number of nitrogens with zero attached hydrogens (tertiary/aromatic N) is 1. The molecular weight excluding hydrogens is 611 g/mol. The van der Waals surface area contributed by atoms with E-state index in [0.29, 0.717) is 23.6 Å². The van der Waals surface area contributed by atoms with Crippen molar-refractivity contribution < 1.29 is 15.0 Å². The molecule has 3 N–H and O–H groups in total. The predicted octanol–water partition coefficient (Wildman–Crippen LogP) is 4.75. The third-order valence-electron chi connectivity index (χ3n) is 2.71. The third kappa shape index (κ3) is 4.68. The van der Waals surface area contributed by atoms with Gasteiger partial charge in [-0.05, 0) is 78.7 Å². The summed E-state index contributed by atoms with van der Waals surface area (Å²) < 4.78 is 2.23. The first-order valence-corrected chi connectivity index (χ1v) is 9.44. The number of carbonyl (C=O) groups is 1. The van der Waals surface area contributed by atoms with E-state index in [4.69, 9.17) is 0 Å². The molecular formula is C14H8Br3IN2O3. The number of hydrogen-bond donors (Lipinski definition) is 3. The van der Waals surface area contributed by atoms with Gasteiger partial charge in [0.05, 0.1) is 18.7 Å². The molecule has 0 fully saturated rings. The normalized spacial score (nSPS) is 11.0. The fourth-order valence-electron chi connectivity index (χ4n) is 1.61. The van der Waals surface area contributed by atoms with Crippen LogP contribution in [0, 0.1) is 3.57 Å². The summed E-state index contributed by atoms with van der Waals surface area (Å²) in [5.74, 6) is -0.354. The predicted molar refractivity (Wildman–Crippen MR) is 107 cm³/mol. The summed E-state index contributed by atoms with van der Waals surface area (Å²) in [6.45, 7) is 0. The van der Waals surface area contributed by atoms with Crippen molar-refractivity contribution in [3.05, 3.63) is 52.4 Å². The standard InChI is InChI=1S/C14H8Br3IN2O3/c15-8-1-7(12(21)11(18)4-8)5-19-20-14(23)6-2-9(16)13(22)10(17)3-6/h1-5,21-22H,(H,20,23)/b19-5-. The number of rotatable bonds is 3. The van der Waals surface area contributed by atoms with Crippen molar-refractivity contribution in [1.82, 2.24) is 5.43 Å². The molecule has 0 atom stereocenters. The molecule has 1 amide bonds. The van der Waals surface area contributed by atoms with Crippen molar-refractivity contribution >= 4 is 82.5 Å². The molecule has 0 radical (unpaired) electrons. The average molecular weight is 619 g/mol. The van der Waals surface area contributed by atoms with E-state index in [2.05, 4.69) is 58.3 Å². The van der Waals surface area contributed by atoms with Gasteiger partial charge in [-0.3, -0.25) is 4.79 Å². The number of phenolic OH excluding ortho intramolecular Hbond substituents is 2. The van der Waals surface area contributed by atoms with Gasteiger partial charge in [0, 0.05) is 15.6 Å². The SMILES string of the molecule is O=C(N/N=C\c1cc(Br)cc(I)c1O)c1cc(Br)c(O)c(Br)c1. The van der Waals surface area contributed by atoms with E-state index in [9.17, 15) is 15.0 Å². The van der Waals surface area contributed by atoms with Gasteiger partial charge < -0.3 is 10.2 Å². The lowest BCUT2D eigenvalue weighted by molar-refractivity contribution is 0.0955. The largest absolute Gasteiger partial charge is 0.506 e. The highest BCUT2D eigenvalue weighted by molar-refractivity contribution is 14.1. The third-order valence-corrected chi connectivity index (χ3v) is 5.20. The van der Waals surface area contributed by atoms with E-state index in [-0.39, 0.29) is 11.5 Å². The Kier molecular flexibility index (Phi) is 6.46. The summed E-state index contributed by atoms with van der Waals surface area (Å²) in [4.78, 5) is 12.0. The van der Waals surface area contributed by atoms with Gasteiger partial charge in [-0.25, -0.2) is 5.43 Å². The van der Waals surface area contributed by atoms with Crippen molar-refractivity contribution in [3.8, 4) is 11.5 Å². The lowest BCUT2D eigenvalue weighted by Crippen LogP contribution is -2.17. The molecule has 23 heavy (non-hydrogen) atoms. The van der Waals surface area contributed by atoms with Crippen LogP contribution in [-0.2, 0) is 0 Å². The Morgan fingerprint density at radius 2 is 1.70 bits per heavy atom. The average Bonchev–Trinajstić information content (AvgIpc) is 2.48. The molecule has 2 aromatic rings. The molecule has 0 bridgehead atoms. The minimum atomic E-state index is -0.452. The molecule has 0 aromatic heterocycles. The highest BCUT2D eigenvalue weighted by Crippen LogP contribution is 2.33. The second-order valence-corrected chi connectivity index (χ2v) is 8.10. The molecule has 0 aliphatic heterocycles. The number of carbonyl (C=O) groups excluding carboxylic acids is 1. The topological polar surface area (TPSA) is 81.9 Å². The van der Waals surface area contributed by atoms with Crippen LogP contribution in [0.5, 0.6) is 11.5 Å². The number of benzene rings is 2. The van der Waals surface area contributed by atoms with E-state index in [1.165, 1.54) is 18.3 Å². The smallest absolute Gasteiger partial charge is 0.271 e. The molecule has 0 spiro atoms. The second kappa shape index (κ2) is 7.95. The maximum atomic E-state index is 12.0. The van der Waals surface area contributed by atoms with Crippen molar-refractivity contribution in [3.63, 3.8) is 0 Å². The zero-order chi connectivity index (χ0) is 17.1. The monoisotopic (exact) mass is 616 g/mol.